The Kier molecular flexibility index (Phi) is 4.09. The van der Waals surface area contributed by atoms with Crippen LogP contribution in [0.25, 0.3) is 10.9 Å². The number of hydrogen-bond acceptors (Lipinski definition) is 2. The molecule has 1 aliphatic carbocycles. The Morgan fingerprint density at radius 3 is 2.71 bits per heavy atom. The zero-order valence-electron chi connectivity index (χ0n) is 14.6. The second-order valence-corrected chi connectivity index (χ2v) is 7.69. The lowest BCUT2D eigenvalue weighted by Gasteiger charge is -2.23. The molecule has 24 heavy (non-hydrogen) atoms. The van der Waals surface area contributed by atoms with E-state index in [1.807, 2.05) is 12.1 Å². The van der Waals surface area contributed by atoms with Crippen LogP contribution in [0, 0.1) is 12.3 Å². The van der Waals surface area contributed by atoms with Crippen LogP contribution < -0.4 is 5.32 Å². The van der Waals surface area contributed by atoms with Gasteiger partial charge < -0.3 is 14.8 Å². The number of nitrogens with one attached hydrogen (secondary N) is 1. The average Bonchev–Trinajstić information content (AvgIpc) is 2.99. The molecule has 1 saturated heterocycles. The maximum atomic E-state index is 12.5. The second kappa shape index (κ2) is 6.25. The maximum Gasteiger partial charge on any atom is 0.239 e. The summed E-state index contributed by atoms with van der Waals surface area (Å²) in [4.78, 5) is 15.0. The molecule has 1 aromatic heterocycles. The number of aromatic nitrogens is 1. The van der Waals surface area contributed by atoms with Gasteiger partial charge in [-0.25, -0.2) is 0 Å². The first-order valence-corrected chi connectivity index (χ1v) is 9.19. The molecule has 4 rings (SSSR count). The van der Waals surface area contributed by atoms with Gasteiger partial charge in [-0.15, -0.1) is 0 Å². The normalized spacial score (nSPS) is 19.7. The Labute approximate surface area is 143 Å². The molecule has 2 aliphatic rings. The van der Waals surface area contributed by atoms with Crippen LogP contribution in [0.1, 0.15) is 31.4 Å². The van der Waals surface area contributed by atoms with Gasteiger partial charge in [0.15, 0.2) is 0 Å². The van der Waals surface area contributed by atoms with Gasteiger partial charge in [0.2, 0.25) is 5.91 Å². The number of carbonyl (C=O) groups is 1. The van der Waals surface area contributed by atoms with Crippen LogP contribution in [0.2, 0.25) is 0 Å². The monoisotopic (exact) mass is 325 g/mol. The molecule has 2 fully saturated rings. The largest absolute Gasteiger partial charge is 0.354 e. The van der Waals surface area contributed by atoms with Crippen molar-refractivity contribution in [3.05, 3.63) is 36.0 Å². The third-order valence-electron chi connectivity index (χ3n) is 5.69. The Morgan fingerprint density at radius 1 is 1.21 bits per heavy atom. The molecule has 1 aliphatic heterocycles. The molecule has 1 aromatic carbocycles. The fourth-order valence-corrected chi connectivity index (χ4v) is 4.03. The average molecular weight is 325 g/mol. The van der Waals surface area contributed by atoms with Crippen LogP contribution in [0.3, 0.4) is 0 Å². The van der Waals surface area contributed by atoms with Crippen LogP contribution in [0.5, 0.6) is 0 Å². The zero-order valence-corrected chi connectivity index (χ0v) is 14.6. The fraction of sp³-hybridized carbons (Fsp3) is 0.550. The topological polar surface area (TPSA) is 37.3 Å². The third-order valence-corrected chi connectivity index (χ3v) is 5.69. The second-order valence-electron chi connectivity index (χ2n) is 7.69. The van der Waals surface area contributed by atoms with Gasteiger partial charge in [0, 0.05) is 29.7 Å². The molecule has 2 aromatic rings. The van der Waals surface area contributed by atoms with Gasteiger partial charge in [0.25, 0.3) is 0 Å². The number of hydrogen-bond donors (Lipinski definition) is 1. The number of rotatable bonds is 6. The molecule has 1 saturated carbocycles. The first-order valence-electron chi connectivity index (χ1n) is 9.19. The predicted octanol–water partition coefficient (Wildman–Crippen LogP) is 2.94. The molecule has 0 atom stereocenters. The van der Waals surface area contributed by atoms with E-state index in [2.05, 4.69) is 39.9 Å². The maximum absolute atomic E-state index is 12.5. The number of likely N-dealkylation sites (tertiary alicyclic amines) is 1. The zero-order chi connectivity index (χ0) is 16.6. The minimum absolute atomic E-state index is 0.132. The van der Waals surface area contributed by atoms with Gasteiger partial charge in [0.05, 0.1) is 0 Å². The van der Waals surface area contributed by atoms with E-state index < -0.39 is 0 Å². The van der Waals surface area contributed by atoms with Crippen molar-refractivity contribution < 1.29 is 4.79 Å². The minimum atomic E-state index is 0.132. The predicted molar refractivity (Wildman–Crippen MR) is 97.0 cm³/mol. The summed E-state index contributed by atoms with van der Waals surface area (Å²) in [7, 11) is 0. The summed E-state index contributed by atoms with van der Waals surface area (Å²) in [5.41, 5.74) is 2.64. The van der Waals surface area contributed by atoms with Crippen molar-refractivity contribution in [1.29, 1.82) is 0 Å². The first kappa shape index (κ1) is 15.7. The molecular formula is C20H27N3O. The third kappa shape index (κ3) is 3.20. The highest BCUT2D eigenvalue weighted by molar-refractivity contribution is 5.84. The number of fused-ring (bicyclic) bond motifs is 1. The molecule has 2 heterocycles. The van der Waals surface area contributed by atoms with E-state index in [9.17, 15) is 4.79 Å². The summed E-state index contributed by atoms with van der Waals surface area (Å²) in [5.74, 6) is 0.132. The SMILES string of the molecule is Cc1cc2ccccc2n1CC(=O)NCC1(CN2CCCC2)CC1. The quantitative estimate of drug-likeness (QED) is 0.886. The highest BCUT2D eigenvalue weighted by Gasteiger charge is 2.44. The van der Waals surface area contributed by atoms with Gasteiger partial charge in [0.1, 0.15) is 6.54 Å². The molecule has 4 heteroatoms. The van der Waals surface area contributed by atoms with E-state index in [-0.39, 0.29) is 5.91 Å². The molecule has 1 amide bonds. The first-order chi connectivity index (χ1) is 11.7. The van der Waals surface area contributed by atoms with Crippen LogP contribution in [0.15, 0.2) is 30.3 Å². The van der Waals surface area contributed by atoms with E-state index >= 15 is 0 Å². The van der Waals surface area contributed by atoms with E-state index in [0.29, 0.717) is 12.0 Å². The van der Waals surface area contributed by atoms with Gasteiger partial charge >= 0.3 is 0 Å². The molecule has 0 unspecified atom stereocenters. The van der Waals surface area contributed by atoms with Gasteiger partial charge in [-0.1, -0.05) is 18.2 Å². The summed E-state index contributed by atoms with van der Waals surface area (Å²) in [6.45, 7) is 6.97. The fourth-order valence-electron chi connectivity index (χ4n) is 4.03. The van der Waals surface area contributed by atoms with Crippen molar-refractivity contribution in [2.45, 2.75) is 39.2 Å². The van der Waals surface area contributed by atoms with E-state index in [0.717, 1.165) is 17.8 Å². The van der Waals surface area contributed by atoms with Gasteiger partial charge in [-0.2, -0.15) is 0 Å². The lowest BCUT2D eigenvalue weighted by atomic mass is 10.1. The van der Waals surface area contributed by atoms with E-state index in [4.69, 9.17) is 0 Å². The lowest BCUT2D eigenvalue weighted by Crippen LogP contribution is -2.38. The van der Waals surface area contributed by atoms with Crippen LogP contribution in [-0.2, 0) is 11.3 Å². The molecule has 0 bridgehead atoms. The number of para-hydroxylation sites is 1. The minimum Gasteiger partial charge on any atom is -0.354 e. The van der Waals surface area contributed by atoms with Crippen molar-refractivity contribution in [3.63, 3.8) is 0 Å². The molecule has 4 nitrogen and oxygen atoms in total. The summed E-state index contributed by atoms with van der Waals surface area (Å²) in [6, 6.07) is 10.4. The molecule has 1 N–H and O–H groups in total. The highest BCUT2D eigenvalue weighted by atomic mass is 16.1. The van der Waals surface area contributed by atoms with Crippen molar-refractivity contribution >= 4 is 16.8 Å². The number of nitrogens with zero attached hydrogens (tertiary/aromatic N) is 2. The molecule has 0 spiro atoms. The number of aryl methyl sites for hydroxylation is 1. The Bertz CT molecular complexity index is 738. The summed E-state index contributed by atoms with van der Waals surface area (Å²) < 4.78 is 2.12. The van der Waals surface area contributed by atoms with Crippen LogP contribution >= 0.6 is 0 Å². The highest BCUT2D eigenvalue weighted by Crippen LogP contribution is 2.46. The smallest absolute Gasteiger partial charge is 0.239 e. The Hall–Kier alpha value is -1.81. The van der Waals surface area contributed by atoms with Gasteiger partial charge in [-0.3, -0.25) is 4.79 Å². The van der Waals surface area contributed by atoms with Gasteiger partial charge in [-0.05, 0) is 63.2 Å². The number of carbonyl (C=O) groups excluding carboxylic acids is 1. The summed E-state index contributed by atoms with van der Waals surface area (Å²) in [5, 5.41) is 4.41. The lowest BCUT2D eigenvalue weighted by molar-refractivity contribution is -0.121. The summed E-state index contributed by atoms with van der Waals surface area (Å²) >= 11 is 0. The van der Waals surface area contributed by atoms with Crippen molar-refractivity contribution in [1.82, 2.24) is 14.8 Å². The van der Waals surface area contributed by atoms with Crippen LogP contribution in [-0.4, -0.2) is 41.6 Å². The van der Waals surface area contributed by atoms with Crippen molar-refractivity contribution in [2.24, 2.45) is 5.41 Å². The van der Waals surface area contributed by atoms with E-state index in [1.165, 1.54) is 50.7 Å². The molecular weight excluding hydrogens is 298 g/mol. The van der Waals surface area contributed by atoms with Crippen molar-refractivity contribution in [3.8, 4) is 0 Å². The Balaban J connectivity index is 1.35. The molecule has 0 radical (unpaired) electrons. The number of amides is 1. The Morgan fingerprint density at radius 2 is 1.96 bits per heavy atom. The number of benzene rings is 1. The summed E-state index contributed by atoms with van der Waals surface area (Å²) in [6.07, 6.45) is 5.19. The molecule has 128 valence electrons. The van der Waals surface area contributed by atoms with Crippen LogP contribution in [0.4, 0.5) is 0 Å². The standard InChI is InChI=1S/C20H27N3O/c1-16-12-17-6-2-3-7-18(17)23(16)13-19(24)21-14-20(8-9-20)15-22-10-4-5-11-22/h2-3,6-7,12H,4-5,8-11,13-15H2,1H3,(H,21,24). The van der Waals surface area contributed by atoms with E-state index in [1.54, 1.807) is 0 Å². The van der Waals surface area contributed by atoms with Crippen molar-refractivity contribution in [2.75, 3.05) is 26.2 Å².